The number of halogens is 2. The number of benzene rings is 2. The predicted octanol–water partition coefficient (Wildman–Crippen LogP) is 4.40. The van der Waals surface area contributed by atoms with Crippen molar-refractivity contribution in [1.29, 1.82) is 0 Å². The van der Waals surface area contributed by atoms with Crippen LogP contribution in [0.5, 0.6) is 11.5 Å². The van der Waals surface area contributed by atoms with E-state index < -0.39 is 5.97 Å². The average Bonchev–Trinajstić information content (AvgIpc) is 2.60. The predicted molar refractivity (Wildman–Crippen MR) is 99.7 cm³/mol. The highest BCUT2D eigenvalue weighted by atomic mass is 79.9. The Bertz CT molecular complexity index is 761. The summed E-state index contributed by atoms with van der Waals surface area (Å²) in [6, 6.07) is 9.78. The highest BCUT2D eigenvalue weighted by Crippen LogP contribution is 2.23. The molecular formula is C17H16Br2O6. The van der Waals surface area contributed by atoms with Gasteiger partial charge < -0.3 is 19.3 Å². The quantitative estimate of drug-likeness (QED) is 0.660. The second-order valence-corrected chi connectivity index (χ2v) is 6.20. The number of hydrogen-bond acceptors (Lipinski definition) is 5. The SMILES string of the molecule is COC(=O)c1ccc(OC)cc1Br.COc1ccc(C(=O)O)c(Br)c1. The van der Waals surface area contributed by atoms with E-state index in [2.05, 4.69) is 36.6 Å². The van der Waals surface area contributed by atoms with E-state index in [1.165, 1.54) is 20.3 Å². The van der Waals surface area contributed by atoms with Crippen LogP contribution in [0.3, 0.4) is 0 Å². The summed E-state index contributed by atoms with van der Waals surface area (Å²) >= 11 is 6.38. The minimum Gasteiger partial charge on any atom is -0.497 e. The Morgan fingerprint density at radius 2 is 1.28 bits per heavy atom. The summed E-state index contributed by atoms with van der Waals surface area (Å²) in [5, 5.41) is 8.66. The van der Waals surface area contributed by atoms with Crippen LogP contribution in [0.1, 0.15) is 20.7 Å². The number of methoxy groups -OCH3 is 3. The molecule has 0 saturated carbocycles. The lowest BCUT2D eigenvalue weighted by Crippen LogP contribution is -2.02. The average molecular weight is 476 g/mol. The highest BCUT2D eigenvalue weighted by Gasteiger charge is 2.10. The largest absolute Gasteiger partial charge is 0.497 e. The maximum atomic E-state index is 11.1. The number of hydrogen-bond donors (Lipinski definition) is 1. The number of carbonyl (C=O) groups excluding carboxylic acids is 1. The van der Waals surface area contributed by atoms with Crippen LogP contribution < -0.4 is 9.47 Å². The van der Waals surface area contributed by atoms with Crippen molar-refractivity contribution in [2.75, 3.05) is 21.3 Å². The molecule has 2 rings (SSSR count). The molecule has 0 amide bonds. The van der Waals surface area contributed by atoms with E-state index in [4.69, 9.17) is 14.6 Å². The molecule has 0 saturated heterocycles. The number of carbonyl (C=O) groups is 2. The Morgan fingerprint density at radius 3 is 1.60 bits per heavy atom. The van der Waals surface area contributed by atoms with Crippen LogP contribution in [0.15, 0.2) is 45.3 Å². The molecule has 0 unspecified atom stereocenters. The zero-order valence-electron chi connectivity index (χ0n) is 13.7. The summed E-state index contributed by atoms with van der Waals surface area (Å²) in [7, 11) is 4.45. The van der Waals surface area contributed by atoms with Gasteiger partial charge in [-0.1, -0.05) is 0 Å². The molecule has 0 aliphatic carbocycles. The van der Waals surface area contributed by atoms with Crippen LogP contribution in [0.2, 0.25) is 0 Å². The van der Waals surface area contributed by atoms with Gasteiger partial charge in [-0.2, -0.15) is 0 Å². The number of carboxylic acids is 1. The van der Waals surface area contributed by atoms with Crippen LogP contribution in [-0.4, -0.2) is 38.4 Å². The van der Waals surface area contributed by atoms with E-state index >= 15 is 0 Å². The van der Waals surface area contributed by atoms with E-state index in [1.54, 1.807) is 37.4 Å². The maximum Gasteiger partial charge on any atom is 0.339 e. The molecule has 0 heterocycles. The van der Waals surface area contributed by atoms with E-state index in [-0.39, 0.29) is 11.5 Å². The van der Waals surface area contributed by atoms with Gasteiger partial charge in [-0.05, 0) is 68.3 Å². The van der Waals surface area contributed by atoms with Gasteiger partial charge in [-0.3, -0.25) is 0 Å². The minimum atomic E-state index is -0.954. The molecular weight excluding hydrogens is 460 g/mol. The van der Waals surface area contributed by atoms with Crippen LogP contribution >= 0.6 is 31.9 Å². The summed E-state index contributed by atoms with van der Waals surface area (Å²) in [5.74, 6) is 0.00505. The van der Waals surface area contributed by atoms with E-state index in [1.807, 2.05) is 0 Å². The Morgan fingerprint density at radius 1 is 0.840 bits per heavy atom. The highest BCUT2D eigenvalue weighted by molar-refractivity contribution is 9.10. The van der Waals surface area contributed by atoms with Crippen molar-refractivity contribution < 1.29 is 28.9 Å². The summed E-state index contributed by atoms with van der Waals surface area (Å²) in [6.45, 7) is 0. The lowest BCUT2D eigenvalue weighted by molar-refractivity contribution is 0.0598. The molecule has 134 valence electrons. The lowest BCUT2D eigenvalue weighted by Gasteiger charge is -2.04. The van der Waals surface area contributed by atoms with E-state index in [0.717, 1.165) is 0 Å². The molecule has 0 spiro atoms. The lowest BCUT2D eigenvalue weighted by atomic mass is 10.2. The smallest absolute Gasteiger partial charge is 0.339 e. The van der Waals surface area contributed by atoms with Gasteiger partial charge in [-0.25, -0.2) is 9.59 Å². The third kappa shape index (κ3) is 6.06. The standard InChI is InChI=1S/C9H9BrO3.C8H7BrO3/c1-12-6-3-4-7(8(10)5-6)9(11)13-2;1-12-5-2-3-6(8(10)11)7(9)4-5/h3-5H,1-2H3;2-4H,1H3,(H,10,11). The molecule has 0 bridgehead atoms. The number of aromatic carboxylic acids is 1. The molecule has 6 nitrogen and oxygen atoms in total. The Kier molecular flexibility index (Phi) is 8.44. The summed E-state index contributed by atoms with van der Waals surface area (Å²) < 4.78 is 15.7. The number of carboxylic acid groups (broad SMARTS) is 1. The molecule has 25 heavy (non-hydrogen) atoms. The van der Waals surface area contributed by atoms with Crippen molar-refractivity contribution in [2.24, 2.45) is 0 Å². The fourth-order valence-corrected chi connectivity index (χ4v) is 2.74. The fraction of sp³-hybridized carbons (Fsp3) is 0.176. The molecule has 8 heteroatoms. The van der Waals surface area contributed by atoms with Gasteiger partial charge in [0.2, 0.25) is 0 Å². The minimum absolute atomic E-state index is 0.232. The van der Waals surface area contributed by atoms with Crippen molar-refractivity contribution in [3.05, 3.63) is 56.5 Å². The van der Waals surface area contributed by atoms with E-state index in [0.29, 0.717) is 26.0 Å². The third-order valence-corrected chi connectivity index (χ3v) is 4.30. The molecule has 0 aromatic heterocycles. The van der Waals surface area contributed by atoms with Crippen molar-refractivity contribution in [3.63, 3.8) is 0 Å². The molecule has 2 aromatic rings. The molecule has 0 aliphatic rings. The normalized spacial score (nSPS) is 9.48. The fourth-order valence-electron chi connectivity index (χ4n) is 1.69. The van der Waals surface area contributed by atoms with Gasteiger partial charge >= 0.3 is 11.9 Å². The first kappa shape index (κ1) is 21.0. The first-order chi connectivity index (χ1) is 11.8. The number of esters is 1. The first-order valence-electron chi connectivity index (χ1n) is 6.82. The van der Waals surface area contributed by atoms with Gasteiger partial charge in [0.05, 0.1) is 32.5 Å². The molecule has 2 aromatic carbocycles. The number of rotatable bonds is 4. The van der Waals surface area contributed by atoms with E-state index in [9.17, 15) is 9.59 Å². The van der Waals surface area contributed by atoms with Crippen molar-refractivity contribution >= 4 is 43.8 Å². The van der Waals surface area contributed by atoms with Crippen LogP contribution in [-0.2, 0) is 4.74 Å². The second kappa shape index (κ2) is 10.0. The van der Waals surface area contributed by atoms with Gasteiger partial charge in [0.15, 0.2) is 0 Å². The van der Waals surface area contributed by atoms with Crippen LogP contribution in [0, 0.1) is 0 Å². The first-order valence-corrected chi connectivity index (χ1v) is 8.41. The molecule has 0 atom stereocenters. The van der Waals surface area contributed by atoms with Gasteiger partial charge in [0, 0.05) is 8.95 Å². The van der Waals surface area contributed by atoms with Gasteiger partial charge in [-0.15, -0.1) is 0 Å². The summed E-state index contributed by atoms with van der Waals surface area (Å²) in [6.07, 6.45) is 0. The van der Waals surface area contributed by atoms with Crippen molar-refractivity contribution in [1.82, 2.24) is 0 Å². The summed E-state index contributed by atoms with van der Waals surface area (Å²) in [4.78, 5) is 21.7. The Balaban J connectivity index is 0.000000251. The Labute approximate surface area is 162 Å². The number of ether oxygens (including phenoxy) is 3. The molecule has 0 aliphatic heterocycles. The zero-order chi connectivity index (χ0) is 19.0. The third-order valence-electron chi connectivity index (χ3n) is 2.99. The molecule has 0 fully saturated rings. The topological polar surface area (TPSA) is 82.1 Å². The monoisotopic (exact) mass is 474 g/mol. The molecule has 0 radical (unpaired) electrons. The van der Waals surface area contributed by atoms with Gasteiger partial charge in [0.25, 0.3) is 0 Å². The molecule has 1 N–H and O–H groups in total. The van der Waals surface area contributed by atoms with Crippen molar-refractivity contribution in [2.45, 2.75) is 0 Å². The van der Waals surface area contributed by atoms with Gasteiger partial charge in [0.1, 0.15) is 11.5 Å². The zero-order valence-corrected chi connectivity index (χ0v) is 16.9. The Hall–Kier alpha value is -2.06. The summed E-state index contributed by atoms with van der Waals surface area (Å²) in [5.41, 5.74) is 0.721. The maximum absolute atomic E-state index is 11.1. The second-order valence-electron chi connectivity index (χ2n) is 4.49. The van der Waals surface area contributed by atoms with Crippen LogP contribution in [0.4, 0.5) is 0 Å². The van der Waals surface area contributed by atoms with Crippen molar-refractivity contribution in [3.8, 4) is 11.5 Å². The van der Waals surface area contributed by atoms with Crippen LogP contribution in [0.25, 0.3) is 0 Å².